The van der Waals surface area contributed by atoms with Crippen molar-refractivity contribution in [3.63, 3.8) is 0 Å². The second-order valence-corrected chi connectivity index (χ2v) is 7.00. The second-order valence-electron chi connectivity index (χ2n) is 7.00. The summed E-state index contributed by atoms with van der Waals surface area (Å²) in [6.07, 6.45) is 4.10. The van der Waals surface area contributed by atoms with Crippen LogP contribution in [-0.4, -0.2) is 84.0 Å². The van der Waals surface area contributed by atoms with E-state index in [-0.39, 0.29) is 11.9 Å². The Morgan fingerprint density at radius 3 is 2.64 bits per heavy atom. The molecule has 7 heteroatoms. The van der Waals surface area contributed by atoms with Crippen LogP contribution in [0.1, 0.15) is 30.3 Å². The fourth-order valence-electron chi connectivity index (χ4n) is 3.69. The fourth-order valence-corrected chi connectivity index (χ4v) is 3.69. The van der Waals surface area contributed by atoms with E-state index in [2.05, 4.69) is 22.1 Å². The number of urea groups is 1. The molecular weight excluding hydrogens is 318 g/mol. The Morgan fingerprint density at radius 2 is 1.96 bits per heavy atom. The van der Waals surface area contributed by atoms with Crippen LogP contribution in [-0.2, 0) is 0 Å². The van der Waals surface area contributed by atoms with Crippen LogP contribution < -0.4 is 5.32 Å². The van der Waals surface area contributed by atoms with E-state index in [1.54, 1.807) is 17.2 Å². The summed E-state index contributed by atoms with van der Waals surface area (Å²) in [5, 5.41) is 3.08. The molecule has 0 bridgehead atoms. The molecule has 0 saturated carbocycles. The first-order valence-corrected chi connectivity index (χ1v) is 9.35. The zero-order chi connectivity index (χ0) is 17.6. The molecule has 2 aliphatic heterocycles. The molecule has 1 aromatic rings. The van der Waals surface area contributed by atoms with Crippen molar-refractivity contribution in [1.29, 1.82) is 0 Å². The molecule has 3 heterocycles. The van der Waals surface area contributed by atoms with Crippen LogP contribution in [0.3, 0.4) is 0 Å². The third kappa shape index (κ3) is 4.54. The van der Waals surface area contributed by atoms with Crippen LogP contribution in [0.4, 0.5) is 4.79 Å². The number of carbonyl (C=O) groups is 2. The lowest BCUT2D eigenvalue weighted by molar-refractivity contribution is 0.0659. The van der Waals surface area contributed by atoms with Crippen molar-refractivity contribution in [2.24, 2.45) is 5.92 Å². The molecule has 1 aromatic heterocycles. The molecule has 2 aliphatic rings. The maximum absolute atomic E-state index is 12.4. The molecular formula is C18H29N5O2. The normalized spacial score (nSPS) is 21.6. The minimum absolute atomic E-state index is 0.000846. The van der Waals surface area contributed by atoms with Crippen molar-refractivity contribution in [1.82, 2.24) is 25.0 Å². The van der Waals surface area contributed by atoms with Crippen LogP contribution in [0.15, 0.2) is 18.3 Å². The molecule has 2 fully saturated rings. The number of carbonyl (C=O) groups excluding carboxylic acids is 2. The molecule has 0 radical (unpaired) electrons. The molecule has 3 rings (SSSR count). The third-order valence-electron chi connectivity index (χ3n) is 5.13. The van der Waals surface area contributed by atoms with Gasteiger partial charge in [0.25, 0.3) is 5.91 Å². The summed E-state index contributed by atoms with van der Waals surface area (Å²) in [6, 6.07) is 3.60. The van der Waals surface area contributed by atoms with Crippen molar-refractivity contribution >= 4 is 11.9 Å². The monoisotopic (exact) mass is 347 g/mol. The number of aromatic nitrogens is 1. The number of hydrogen-bond donors (Lipinski definition) is 2. The van der Waals surface area contributed by atoms with Gasteiger partial charge in [0, 0.05) is 45.5 Å². The Morgan fingerprint density at radius 1 is 1.20 bits per heavy atom. The predicted molar refractivity (Wildman–Crippen MR) is 96.5 cm³/mol. The van der Waals surface area contributed by atoms with Crippen molar-refractivity contribution in [3.8, 4) is 0 Å². The zero-order valence-electron chi connectivity index (χ0n) is 15.0. The van der Waals surface area contributed by atoms with E-state index in [0.717, 1.165) is 26.2 Å². The maximum atomic E-state index is 12.4. The van der Waals surface area contributed by atoms with Crippen LogP contribution >= 0.6 is 0 Å². The number of likely N-dealkylation sites (tertiary alicyclic amines) is 1. The average Bonchev–Trinajstić information content (AvgIpc) is 3.31. The number of nitrogens with zero attached hydrogens (tertiary/aromatic N) is 3. The molecule has 1 atom stereocenters. The number of H-pyrrole nitrogens is 1. The van der Waals surface area contributed by atoms with E-state index in [9.17, 15) is 9.59 Å². The Bertz CT molecular complexity index is 566. The summed E-state index contributed by atoms with van der Waals surface area (Å²) in [5.41, 5.74) is 0.607. The van der Waals surface area contributed by atoms with Gasteiger partial charge in [-0.3, -0.25) is 4.79 Å². The van der Waals surface area contributed by atoms with Crippen LogP contribution in [0, 0.1) is 5.92 Å². The lowest BCUT2D eigenvalue weighted by Gasteiger charge is -2.34. The molecule has 0 unspecified atom stereocenters. The SMILES string of the molecule is CCCN1CC[C@@H](CNC(=O)N2CCN(C(=O)c3ccc[nH]3)CC2)C1. The lowest BCUT2D eigenvalue weighted by Crippen LogP contribution is -2.53. The van der Waals surface area contributed by atoms with Gasteiger partial charge in [-0.25, -0.2) is 4.79 Å². The van der Waals surface area contributed by atoms with E-state index in [4.69, 9.17) is 0 Å². The smallest absolute Gasteiger partial charge is 0.317 e. The molecule has 0 aromatic carbocycles. The van der Waals surface area contributed by atoms with Gasteiger partial charge in [-0.15, -0.1) is 0 Å². The van der Waals surface area contributed by atoms with E-state index in [1.165, 1.54) is 12.8 Å². The van der Waals surface area contributed by atoms with Gasteiger partial charge in [0.2, 0.25) is 0 Å². The van der Waals surface area contributed by atoms with E-state index < -0.39 is 0 Å². The summed E-state index contributed by atoms with van der Waals surface area (Å²) in [4.78, 5) is 33.7. The fraction of sp³-hybridized carbons (Fsp3) is 0.667. The standard InChI is InChI=1S/C18H29N5O2/c1-2-7-21-8-5-15(14-21)13-20-18(25)23-11-9-22(10-12-23)17(24)16-4-3-6-19-16/h3-4,6,15,19H,2,5,7-14H2,1H3,(H,20,25)/t15-/m0/s1. The minimum Gasteiger partial charge on any atom is -0.357 e. The zero-order valence-corrected chi connectivity index (χ0v) is 15.0. The number of aromatic amines is 1. The number of piperazine rings is 1. The maximum Gasteiger partial charge on any atom is 0.317 e. The molecule has 138 valence electrons. The Kier molecular flexibility index (Phi) is 5.96. The highest BCUT2D eigenvalue weighted by Gasteiger charge is 2.26. The summed E-state index contributed by atoms with van der Waals surface area (Å²) >= 11 is 0. The number of nitrogens with one attached hydrogen (secondary N) is 2. The Balaban J connectivity index is 1.38. The van der Waals surface area contributed by atoms with Gasteiger partial charge < -0.3 is 25.0 Å². The molecule has 0 aliphatic carbocycles. The highest BCUT2D eigenvalue weighted by molar-refractivity contribution is 5.92. The first kappa shape index (κ1) is 17.8. The number of amides is 3. The van der Waals surface area contributed by atoms with Crippen molar-refractivity contribution < 1.29 is 9.59 Å². The second kappa shape index (κ2) is 8.38. The Hall–Kier alpha value is -2.02. The van der Waals surface area contributed by atoms with Gasteiger partial charge in [0.05, 0.1) is 0 Å². The van der Waals surface area contributed by atoms with Crippen LogP contribution in [0.5, 0.6) is 0 Å². The molecule has 3 amide bonds. The van der Waals surface area contributed by atoms with E-state index >= 15 is 0 Å². The molecule has 2 N–H and O–H groups in total. The highest BCUT2D eigenvalue weighted by Crippen LogP contribution is 2.15. The summed E-state index contributed by atoms with van der Waals surface area (Å²) in [7, 11) is 0. The van der Waals surface area contributed by atoms with Crippen molar-refractivity contribution in [3.05, 3.63) is 24.0 Å². The number of hydrogen-bond acceptors (Lipinski definition) is 3. The molecule has 7 nitrogen and oxygen atoms in total. The summed E-state index contributed by atoms with van der Waals surface area (Å²) in [6.45, 7) is 8.69. The first-order chi connectivity index (χ1) is 12.2. The van der Waals surface area contributed by atoms with Crippen molar-refractivity contribution in [2.75, 3.05) is 52.4 Å². The summed E-state index contributed by atoms with van der Waals surface area (Å²) < 4.78 is 0. The van der Waals surface area contributed by atoms with Gasteiger partial charge in [-0.2, -0.15) is 0 Å². The van der Waals surface area contributed by atoms with Crippen LogP contribution in [0.25, 0.3) is 0 Å². The van der Waals surface area contributed by atoms with E-state index in [0.29, 0.717) is 37.8 Å². The molecule has 25 heavy (non-hydrogen) atoms. The highest BCUT2D eigenvalue weighted by atomic mass is 16.2. The Labute approximate surface area is 149 Å². The predicted octanol–water partition coefficient (Wildman–Crippen LogP) is 1.21. The quantitative estimate of drug-likeness (QED) is 0.841. The van der Waals surface area contributed by atoms with Gasteiger partial charge in [-0.1, -0.05) is 6.92 Å². The average molecular weight is 347 g/mol. The van der Waals surface area contributed by atoms with Gasteiger partial charge in [-0.05, 0) is 44.0 Å². The van der Waals surface area contributed by atoms with Crippen molar-refractivity contribution in [2.45, 2.75) is 19.8 Å². The number of rotatable bonds is 5. The third-order valence-corrected chi connectivity index (χ3v) is 5.13. The first-order valence-electron chi connectivity index (χ1n) is 9.35. The van der Waals surface area contributed by atoms with Crippen LogP contribution in [0.2, 0.25) is 0 Å². The summed E-state index contributed by atoms with van der Waals surface area (Å²) in [5.74, 6) is 0.568. The van der Waals surface area contributed by atoms with Gasteiger partial charge >= 0.3 is 6.03 Å². The largest absolute Gasteiger partial charge is 0.357 e. The topological polar surface area (TPSA) is 71.7 Å². The van der Waals surface area contributed by atoms with E-state index in [1.807, 2.05) is 11.0 Å². The minimum atomic E-state index is 0.000846. The molecule has 0 spiro atoms. The van der Waals surface area contributed by atoms with Gasteiger partial charge in [0.1, 0.15) is 5.69 Å². The molecule has 2 saturated heterocycles. The lowest BCUT2D eigenvalue weighted by atomic mass is 10.1. The van der Waals surface area contributed by atoms with Gasteiger partial charge in [0.15, 0.2) is 0 Å².